The van der Waals surface area contributed by atoms with Gasteiger partial charge in [0.25, 0.3) is 0 Å². The van der Waals surface area contributed by atoms with Crippen molar-refractivity contribution >= 4 is 23.4 Å². The molecule has 0 aromatic carbocycles. The molecule has 0 radical (unpaired) electrons. The van der Waals surface area contributed by atoms with Crippen molar-refractivity contribution in [3.05, 3.63) is 22.8 Å². The van der Waals surface area contributed by atoms with E-state index in [2.05, 4.69) is 23.9 Å². The van der Waals surface area contributed by atoms with Crippen molar-refractivity contribution in [2.24, 2.45) is 0 Å². The number of hydrogen-bond donors (Lipinski definition) is 1. The Kier molecular flexibility index (Phi) is 3.73. The molecule has 2 rings (SSSR count). The van der Waals surface area contributed by atoms with E-state index in [-0.39, 0.29) is 11.6 Å². The molecule has 1 aromatic rings. The first-order valence-corrected chi connectivity index (χ1v) is 6.22. The molecule has 0 spiro atoms. The molecule has 0 aliphatic carbocycles. The van der Waals surface area contributed by atoms with Gasteiger partial charge in [0.15, 0.2) is 0 Å². The number of halogens is 1. The molecule has 1 aromatic heterocycles. The van der Waals surface area contributed by atoms with Gasteiger partial charge in [0, 0.05) is 25.7 Å². The second-order valence-corrected chi connectivity index (χ2v) is 5.00. The number of carboxylic acids is 1. The highest BCUT2D eigenvalue weighted by Gasteiger charge is 2.26. The van der Waals surface area contributed by atoms with Crippen molar-refractivity contribution in [1.82, 2.24) is 9.88 Å². The van der Waals surface area contributed by atoms with E-state index < -0.39 is 5.97 Å². The average molecular weight is 270 g/mol. The van der Waals surface area contributed by atoms with Gasteiger partial charge in [-0.1, -0.05) is 11.6 Å². The van der Waals surface area contributed by atoms with Crippen molar-refractivity contribution in [3.8, 4) is 0 Å². The maximum Gasteiger partial charge on any atom is 0.339 e. The summed E-state index contributed by atoms with van der Waals surface area (Å²) in [6.45, 7) is 4.58. The molecule has 0 bridgehead atoms. The minimum atomic E-state index is -0.972. The zero-order chi connectivity index (χ0) is 13.3. The van der Waals surface area contributed by atoms with Gasteiger partial charge in [-0.05, 0) is 26.1 Å². The van der Waals surface area contributed by atoms with Crippen molar-refractivity contribution in [1.29, 1.82) is 0 Å². The second kappa shape index (κ2) is 5.12. The average Bonchev–Trinajstić information content (AvgIpc) is 2.28. The van der Waals surface area contributed by atoms with Crippen molar-refractivity contribution in [3.63, 3.8) is 0 Å². The molecular weight excluding hydrogens is 254 g/mol. The number of carboxylic acid groups (broad SMARTS) is 1. The first kappa shape index (κ1) is 13.1. The fourth-order valence-electron chi connectivity index (χ4n) is 2.27. The summed E-state index contributed by atoms with van der Waals surface area (Å²) in [4.78, 5) is 19.6. The van der Waals surface area contributed by atoms with Gasteiger partial charge in [-0.15, -0.1) is 0 Å². The molecular formula is C12H16ClN3O2. The number of hydrogen-bond acceptors (Lipinski definition) is 4. The smallest absolute Gasteiger partial charge is 0.339 e. The number of rotatable bonds is 2. The van der Waals surface area contributed by atoms with Gasteiger partial charge in [0.1, 0.15) is 16.5 Å². The molecule has 18 heavy (non-hydrogen) atoms. The van der Waals surface area contributed by atoms with Crippen LogP contribution in [0.4, 0.5) is 5.82 Å². The van der Waals surface area contributed by atoms with Crippen LogP contribution in [-0.4, -0.2) is 53.7 Å². The molecule has 1 unspecified atom stereocenters. The summed E-state index contributed by atoms with van der Waals surface area (Å²) in [5, 5.41) is 9.53. The molecule has 0 amide bonds. The number of aromatic nitrogens is 1. The van der Waals surface area contributed by atoms with E-state index in [1.165, 1.54) is 12.1 Å². The van der Waals surface area contributed by atoms with Crippen LogP contribution in [0, 0.1) is 0 Å². The van der Waals surface area contributed by atoms with Gasteiger partial charge >= 0.3 is 5.97 Å². The largest absolute Gasteiger partial charge is 0.478 e. The molecule has 1 aliphatic heterocycles. The summed E-state index contributed by atoms with van der Waals surface area (Å²) in [6.07, 6.45) is 0. The van der Waals surface area contributed by atoms with Crippen LogP contribution in [0.2, 0.25) is 5.15 Å². The molecule has 1 N–H and O–H groups in total. The third kappa shape index (κ3) is 2.57. The highest BCUT2D eigenvalue weighted by Crippen LogP contribution is 2.24. The Morgan fingerprint density at radius 2 is 2.22 bits per heavy atom. The predicted octanol–water partition coefficient (Wildman–Crippen LogP) is 1.57. The van der Waals surface area contributed by atoms with Crippen molar-refractivity contribution in [2.75, 3.05) is 31.6 Å². The number of nitrogens with zero attached hydrogens (tertiary/aromatic N) is 3. The first-order chi connectivity index (χ1) is 8.49. The molecule has 0 saturated carbocycles. The number of carbonyl (C=O) groups is 1. The summed E-state index contributed by atoms with van der Waals surface area (Å²) in [7, 11) is 2.05. The second-order valence-electron chi connectivity index (χ2n) is 4.61. The fraction of sp³-hybridized carbons (Fsp3) is 0.500. The van der Waals surface area contributed by atoms with E-state index in [9.17, 15) is 9.90 Å². The predicted molar refractivity (Wildman–Crippen MR) is 70.5 cm³/mol. The van der Waals surface area contributed by atoms with Crippen molar-refractivity contribution in [2.45, 2.75) is 13.0 Å². The van der Waals surface area contributed by atoms with E-state index in [0.29, 0.717) is 11.0 Å². The van der Waals surface area contributed by atoms with Crippen LogP contribution in [0.3, 0.4) is 0 Å². The van der Waals surface area contributed by atoms with Gasteiger partial charge in [-0.25, -0.2) is 9.78 Å². The number of piperazine rings is 1. The standard InChI is InChI=1S/C12H16ClN3O2/c1-8-7-15(2)5-6-16(8)11-9(12(17)18)3-4-10(13)14-11/h3-4,8H,5-7H2,1-2H3,(H,17,18). The Labute approximate surface area is 111 Å². The minimum absolute atomic E-state index is 0.204. The third-order valence-electron chi connectivity index (χ3n) is 3.17. The van der Waals surface area contributed by atoms with Crippen molar-refractivity contribution < 1.29 is 9.90 Å². The summed E-state index contributed by atoms with van der Waals surface area (Å²) in [5.41, 5.74) is 0.204. The molecule has 2 heterocycles. The zero-order valence-corrected chi connectivity index (χ0v) is 11.2. The van der Waals surface area contributed by atoms with Gasteiger partial charge in [0.2, 0.25) is 0 Å². The van der Waals surface area contributed by atoms with E-state index in [4.69, 9.17) is 11.6 Å². The lowest BCUT2D eigenvalue weighted by molar-refractivity contribution is 0.0697. The quantitative estimate of drug-likeness (QED) is 0.826. The van der Waals surface area contributed by atoms with Gasteiger partial charge < -0.3 is 14.9 Å². The highest BCUT2D eigenvalue weighted by atomic mass is 35.5. The van der Waals surface area contributed by atoms with Crippen LogP contribution >= 0.6 is 11.6 Å². The van der Waals surface area contributed by atoms with Gasteiger partial charge in [0.05, 0.1) is 0 Å². The number of aromatic carboxylic acids is 1. The van der Waals surface area contributed by atoms with E-state index >= 15 is 0 Å². The van der Waals surface area contributed by atoms with Crippen LogP contribution in [0.25, 0.3) is 0 Å². The van der Waals surface area contributed by atoms with Crippen LogP contribution < -0.4 is 4.90 Å². The first-order valence-electron chi connectivity index (χ1n) is 5.84. The van der Waals surface area contributed by atoms with E-state index in [0.717, 1.165) is 19.6 Å². The zero-order valence-electron chi connectivity index (χ0n) is 10.4. The normalized spacial score (nSPS) is 21.1. The maximum atomic E-state index is 11.2. The molecule has 1 atom stereocenters. The lowest BCUT2D eigenvalue weighted by Gasteiger charge is -2.39. The van der Waals surface area contributed by atoms with E-state index in [1.807, 2.05) is 4.90 Å². The molecule has 1 aliphatic rings. The lowest BCUT2D eigenvalue weighted by atomic mass is 10.1. The summed E-state index contributed by atoms with van der Waals surface area (Å²) >= 11 is 5.88. The minimum Gasteiger partial charge on any atom is -0.478 e. The Hall–Kier alpha value is -1.33. The van der Waals surface area contributed by atoms with Crippen LogP contribution in [0.1, 0.15) is 17.3 Å². The number of anilines is 1. The Morgan fingerprint density at radius 3 is 2.83 bits per heavy atom. The Bertz CT molecular complexity index is 467. The highest BCUT2D eigenvalue weighted by molar-refractivity contribution is 6.29. The van der Waals surface area contributed by atoms with Gasteiger partial charge in [-0.3, -0.25) is 0 Å². The number of likely N-dealkylation sites (N-methyl/N-ethyl adjacent to an activating group) is 1. The molecule has 6 heteroatoms. The molecule has 5 nitrogen and oxygen atoms in total. The molecule has 1 fully saturated rings. The lowest BCUT2D eigenvalue weighted by Crippen LogP contribution is -2.51. The third-order valence-corrected chi connectivity index (χ3v) is 3.38. The Balaban J connectivity index is 2.37. The van der Waals surface area contributed by atoms with Crippen LogP contribution in [0.15, 0.2) is 12.1 Å². The molecule has 98 valence electrons. The molecule has 1 saturated heterocycles. The van der Waals surface area contributed by atoms with E-state index in [1.54, 1.807) is 0 Å². The van der Waals surface area contributed by atoms with Gasteiger partial charge in [-0.2, -0.15) is 0 Å². The fourth-order valence-corrected chi connectivity index (χ4v) is 2.41. The topological polar surface area (TPSA) is 56.7 Å². The van der Waals surface area contributed by atoms with Crippen LogP contribution in [0.5, 0.6) is 0 Å². The summed E-state index contributed by atoms with van der Waals surface area (Å²) in [5.74, 6) is -0.504. The SMILES string of the molecule is CC1CN(C)CCN1c1nc(Cl)ccc1C(=O)O. The summed E-state index contributed by atoms with van der Waals surface area (Å²) in [6, 6.07) is 3.24. The Morgan fingerprint density at radius 1 is 1.50 bits per heavy atom. The summed E-state index contributed by atoms with van der Waals surface area (Å²) < 4.78 is 0. The number of pyridine rings is 1. The monoisotopic (exact) mass is 269 g/mol. The van der Waals surface area contributed by atoms with Crippen LogP contribution in [-0.2, 0) is 0 Å². The maximum absolute atomic E-state index is 11.2.